The van der Waals surface area contributed by atoms with Crippen LogP contribution in [0, 0.1) is 17.0 Å². The largest absolute Gasteiger partial charge is 0.398 e. The van der Waals surface area contributed by atoms with Gasteiger partial charge in [-0.1, -0.05) is 17.3 Å². The third-order valence-electron chi connectivity index (χ3n) is 3.51. The van der Waals surface area contributed by atoms with Crippen LogP contribution in [-0.4, -0.2) is 24.8 Å². The van der Waals surface area contributed by atoms with Crippen LogP contribution in [0.2, 0.25) is 0 Å². The molecule has 0 atom stereocenters. The van der Waals surface area contributed by atoms with Gasteiger partial charge in [0.25, 0.3) is 5.89 Å². The summed E-state index contributed by atoms with van der Waals surface area (Å²) >= 11 is 0. The molecule has 9 heteroatoms. The molecule has 2 aromatic heterocycles. The molecule has 3 rings (SSSR count). The van der Waals surface area contributed by atoms with Crippen LogP contribution < -0.4 is 5.73 Å². The van der Waals surface area contributed by atoms with E-state index in [-0.39, 0.29) is 17.3 Å². The van der Waals surface area contributed by atoms with Gasteiger partial charge in [-0.2, -0.15) is 10.1 Å². The first kappa shape index (κ1) is 14.7. The van der Waals surface area contributed by atoms with Gasteiger partial charge in [-0.25, -0.2) is 0 Å². The first-order valence-corrected chi connectivity index (χ1v) is 6.92. The highest BCUT2D eigenvalue weighted by Gasteiger charge is 2.26. The van der Waals surface area contributed by atoms with Gasteiger partial charge in [-0.3, -0.25) is 14.8 Å². The van der Waals surface area contributed by atoms with E-state index in [9.17, 15) is 10.1 Å². The normalized spacial score (nSPS) is 10.9. The summed E-state index contributed by atoms with van der Waals surface area (Å²) in [6, 6.07) is 5.36. The minimum Gasteiger partial charge on any atom is -0.398 e. The fraction of sp³-hybridized carbons (Fsp3) is 0.214. The fourth-order valence-electron chi connectivity index (χ4n) is 2.18. The molecule has 0 bridgehead atoms. The molecule has 2 N–H and O–H groups in total. The highest BCUT2D eigenvalue weighted by Crippen LogP contribution is 2.30. The lowest BCUT2D eigenvalue weighted by molar-refractivity contribution is -0.384. The molecule has 0 radical (unpaired) electrons. The molecule has 2 heterocycles. The molecule has 0 fully saturated rings. The van der Waals surface area contributed by atoms with E-state index in [1.54, 1.807) is 18.2 Å². The molecular formula is C14H14N6O3. The molecule has 118 valence electrons. The lowest BCUT2D eigenvalue weighted by Gasteiger charge is -2.03. The van der Waals surface area contributed by atoms with Crippen LogP contribution in [-0.2, 0) is 6.54 Å². The number of nitrogens with two attached hydrogens (primary N) is 1. The summed E-state index contributed by atoms with van der Waals surface area (Å²) in [5, 5.41) is 19.2. The number of nitrogen functional groups attached to an aromatic ring is 1. The van der Waals surface area contributed by atoms with Crippen molar-refractivity contribution in [3.05, 3.63) is 40.1 Å². The Morgan fingerprint density at radius 1 is 1.43 bits per heavy atom. The maximum atomic E-state index is 11.1. The van der Waals surface area contributed by atoms with Crippen LogP contribution >= 0.6 is 0 Å². The Bertz CT molecular complexity index is 883. The zero-order valence-electron chi connectivity index (χ0n) is 12.6. The first-order chi connectivity index (χ1) is 11.0. The molecule has 0 aliphatic heterocycles. The minimum absolute atomic E-state index is 0.000671. The number of rotatable bonds is 4. The molecule has 0 aliphatic rings. The summed E-state index contributed by atoms with van der Waals surface area (Å²) in [7, 11) is 0. The van der Waals surface area contributed by atoms with E-state index in [0.717, 1.165) is 5.56 Å². The van der Waals surface area contributed by atoms with E-state index in [1.807, 2.05) is 13.8 Å². The van der Waals surface area contributed by atoms with Crippen molar-refractivity contribution in [1.82, 2.24) is 19.9 Å². The van der Waals surface area contributed by atoms with Gasteiger partial charge in [0, 0.05) is 17.8 Å². The number of aryl methyl sites for hydroxylation is 1. The lowest BCUT2D eigenvalue weighted by atomic mass is 10.1. The van der Waals surface area contributed by atoms with E-state index in [2.05, 4.69) is 15.2 Å². The second-order valence-corrected chi connectivity index (χ2v) is 4.92. The summed E-state index contributed by atoms with van der Waals surface area (Å²) in [5.41, 5.74) is 7.87. The van der Waals surface area contributed by atoms with E-state index in [4.69, 9.17) is 10.3 Å². The predicted molar refractivity (Wildman–Crippen MR) is 82.4 cm³/mol. The van der Waals surface area contributed by atoms with Gasteiger partial charge in [-0.15, -0.1) is 0 Å². The topological polar surface area (TPSA) is 126 Å². The maximum absolute atomic E-state index is 11.1. The third-order valence-corrected chi connectivity index (χ3v) is 3.51. The Balaban J connectivity index is 2.08. The molecule has 1 aromatic carbocycles. The zero-order valence-corrected chi connectivity index (χ0v) is 12.6. The Labute approximate surface area is 130 Å². The number of hydrogen-bond donors (Lipinski definition) is 1. The van der Waals surface area contributed by atoms with Crippen molar-refractivity contribution < 1.29 is 9.45 Å². The first-order valence-electron chi connectivity index (χ1n) is 6.92. The van der Waals surface area contributed by atoms with E-state index in [1.165, 1.54) is 10.9 Å². The number of nitrogens with zero attached hydrogens (tertiary/aromatic N) is 5. The van der Waals surface area contributed by atoms with Gasteiger partial charge < -0.3 is 10.3 Å². The number of aromatic nitrogens is 4. The molecular weight excluding hydrogens is 300 g/mol. The van der Waals surface area contributed by atoms with Crippen LogP contribution in [0.3, 0.4) is 0 Å². The van der Waals surface area contributed by atoms with E-state index >= 15 is 0 Å². The van der Waals surface area contributed by atoms with Gasteiger partial charge in [0.05, 0.1) is 4.92 Å². The van der Waals surface area contributed by atoms with E-state index < -0.39 is 4.92 Å². The molecule has 3 aromatic rings. The smallest absolute Gasteiger partial charge is 0.320 e. The summed E-state index contributed by atoms with van der Waals surface area (Å²) in [5.74, 6) is 0.311. The fourth-order valence-corrected chi connectivity index (χ4v) is 2.18. The second kappa shape index (κ2) is 5.52. The van der Waals surface area contributed by atoms with Crippen LogP contribution in [0.4, 0.5) is 11.4 Å². The van der Waals surface area contributed by atoms with Crippen molar-refractivity contribution in [2.24, 2.45) is 0 Å². The summed E-state index contributed by atoms with van der Waals surface area (Å²) in [4.78, 5) is 14.9. The SMILES string of the molecule is CCn1cc([N+](=O)[O-])c(-c2nc(-c3cccc(N)c3C)no2)n1. The highest BCUT2D eigenvalue weighted by molar-refractivity contribution is 5.69. The molecule has 0 saturated heterocycles. The molecule has 0 aliphatic carbocycles. The van der Waals surface area contributed by atoms with Crippen molar-refractivity contribution in [3.8, 4) is 23.0 Å². The van der Waals surface area contributed by atoms with Crippen LogP contribution in [0.5, 0.6) is 0 Å². The lowest BCUT2D eigenvalue weighted by Crippen LogP contribution is -1.94. The molecule has 0 saturated carbocycles. The quantitative estimate of drug-likeness (QED) is 0.445. The van der Waals surface area contributed by atoms with Gasteiger partial charge in [0.1, 0.15) is 6.20 Å². The Kier molecular flexibility index (Phi) is 3.53. The van der Waals surface area contributed by atoms with Gasteiger partial charge in [0.15, 0.2) is 0 Å². The minimum atomic E-state index is -0.524. The summed E-state index contributed by atoms with van der Waals surface area (Å²) in [6.07, 6.45) is 1.34. The van der Waals surface area contributed by atoms with Gasteiger partial charge >= 0.3 is 5.69 Å². The molecule has 23 heavy (non-hydrogen) atoms. The van der Waals surface area contributed by atoms with Crippen molar-refractivity contribution in [3.63, 3.8) is 0 Å². The average Bonchev–Trinajstić information content (AvgIpc) is 3.16. The molecule has 9 nitrogen and oxygen atoms in total. The molecule has 0 spiro atoms. The summed E-state index contributed by atoms with van der Waals surface area (Å²) in [6.45, 7) is 4.17. The molecule has 0 unspecified atom stereocenters. The Morgan fingerprint density at radius 2 is 2.22 bits per heavy atom. The van der Waals surface area contributed by atoms with Crippen LogP contribution in [0.1, 0.15) is 12.5 Å². The zero-order chi connectivity index (χ0) is 16.6. The number of nitro groups is 1. The maximum Gasteiger partial charge on any atom is 0.320 e. The molecule has 0 amide bonds. The number of hydrogen-bond acceptors (Lipinski definition) is 7. The van der Waals surface area contributed by atoms with Crippen molar-refractivity contribution in [2.45, 2.75) is 20.4 Å². The van der Waals surface area contributed by atoms with Crippen molar-refractivity contribution in [2.75, 3.05) is 5.73 Å². The number of benzene rings is 1. The van der Waals surface area contributed by atoms with Crippen LogP contribution in [0.15, 0.2) is 28.9 Å². The second-order valence-electron chi connectivity index (χ2n) is 4.92. The average molecular weight is 314 g/mol. The standard InChI is InChI=1S/C14H14N6O3/c1-3-19-7-11(20(21)22)12(17-19)14-16-13(18-23-14)9-5-4-6-10(15)8(9)2/h4-7H,3,15H2,1-2H3. The highest BCUT2D eigenvalue weighted by atomic mass is 16.6. The van der Waals surface area contributed by atoms with Crippen molar-refractivity contribution in [1.29, 1.82) is 0 Å². The predicted octanol–water partition coefficient (Wildman–Crippen LogP) is 2.42. The Morgan fingerprint density at radius 3 is 2.91 bits per heavy atom. The third kappa shape index (κ3) is 2.52. The Hall–Kier alpha value is -3.23. The van der Waals surface area contributed by atoms with Gasteiger partial charge in [-0.05, 0) is 25.5 Å². The monoisotopic (exact) mass is 314 g/mol. The van der Waals surface area contributed by atoms with E-state index in [0.29, 0.717) is 23.6 Å². The summed E-state index contributed by atoms with van der Waals surface area (Å²) < 4.78 is 6.61. The number of anilines is 1. The van der Waals surface area contributed by atoms with Crippen LogP contribution in [0.25, 0.3) is 23.0 Å². The van der Waals surface area contributed by atoms with Gasteiger partial charge in [0.2, 0.25) is 11.5 Å². The van der Waals surface area contributed by atoms with Crippen molar-refractivity contribution >= 4 is 11.4 Å².